The van der Waals surface area contributed by atoms with Crippen LogP contribution in [0, 0.1) is 11.3 Å². The van der Waals surface area contributed by atoms with E-state index < -0.39 is 11.9 Å². The molecule has 0 radical (unpaired) electrons. The third-order valence-electron chi connectivity index (χ3n) is 2.85. The van der Waals surface area contributed by atoms with E-state index >= 15 is 0 Å². The molecule has 0 aliphatic heterocycles. The van der Waals surface area contributed by atoms with Crippen molar-refractivity contribution in [1.29, 1.82) is 5.26 Å². The third-order valence-corrected chi connectivity index (χ3v) is 2.85. The number of hydrogen-bond donors (Lipinski definition) is 2. The van der Waals surface area contributed by atoms with Gasteiger partial charge in [-0.25, -0.2) is 0 Å². The highest BCUT2D eigenvalue weighted by Crippen LogP contribution is 2.17. The first-order valence-corrected chi connectivity index (χ1v) is 5.66. The molecular formula is C11H19N3O. The zero-order valence-corrected chi connectivity index (χ0v) is 9.04. The molecule has 0 spiro atoms. The van der Waals surface area contributed by atoms with Gasteiger partial charge in [0, 0.05) is 6.04 Å². The Kier molecular flexibility index (Phi) is 5.13. The molecule has 1 saturated carbocycles. The van der Waals surface area contributed by atoms with Crippen molar-refractivity contribution in [3.8, 4) is 6.07 Å². The molecule has 1 aliphatic rings. The summed E-state index contributed by atoms with van der Waals surface area (Å²) < 4.78 is 0. The molecule has 1 unspecified atom stereocenters. The normalized spacial score (nSPS) is 20.2. The SMILES string of the molecule is N#CC(CC(N)=O)NC1CCCCCC1. The van der Waals surface area contributed by atoms with Crippen LogP contribution in [0.5, 0.6) is 0 Å². The van der Waals surface area contributed by atoms with Crippen LogP contribution in [0.2, 0.25) is 0 Å². The highest BCUT2D eigenvalue weighted by Gasteiger charge is 2.17. The monoisotopic (exact) mass is 209 g/mol. The Morgan fingerprint density at radius 3 is 2.47 bits per heavy atom. The summed E-state index contributed by atoms with van der Waals surface area (Å²) in [7, 11) is 0. The van der Waals surface area contributed by atoms with Gasteiger partial charge in [-0.2, -0.15) is 5.26 Å². The van der Waals surface area contributed by atoms with Crippen LogP contribution in [0.3, 0.4) is 0 Å². The van der Waals surface area contributed by atoms with Crippen molar-refractivity contribution >= 4 is 5.91 Å². The summed E-state index contributed by atoms with van der Waals surface area (Å²) in [6.45, 7) is 0. The standard InChI is InChI=1S/C11H19N3O/c12-8-10(7-11(13)15)14-9-5-3-1-2-4-6-9/h9-10,14H,1-7H2,(H2,13,15). The average molecular weight is 209 g/mol. The van der Waals surface area contributed by atoms with Gasteiger partial charge in [-0.15, -0.1) is 0 Å². The van der Waals surface area contributed by atoms with Gasteiger partial charge < -0.3 is 5.73 Å². The number of nitrogens with one attached hydrogen (secondary N) is 1. The minimum Gasteiger partial charge on any atom is -0.370 e. The molecule has 1 amide bonds. The zero-order chi connectivity index (χ0) is 11.1. The van der Waals surface area contributed by atoms with Crippen LogP contribution in [-0.4, -0.2) is 18.0 Å². The fourth-order valence-corrected chi connectivity index (χ4v) is 2.07. The number of carbonyl (C=O) groups is 1. The van der Waals surface area contributed by atoms with E-state index in [9.17, 15) is 4.79 Å². The molecule has 84 valence electrons. The van der Waals surface area contributed by atoms with Gasteiger partial charge in [0.05, 0.1) is 12.5 Å². The highest BCUT2D eigenvalue weighted by molar-refractivity contribution is 5.74. The molecule has 0 saturated heterocycles. The predicted molar refractivity (Wildman–Crippen MR) is 57.8 cm³/mol. The highest BCUT2D eigenvalue weighted by atomic mass is 16.1. The molecule has 1 fully saturated rings. The molecule has 1 rings (SSSR count). The third kappa shape index (κ3) is 4.80. The topological polar surface area (TPSA) is 78.9 Å². The van der Waals surface area contributed by atoms with E-state index in [1.165, 1.54) is 25.7 Å². The first-order valence-electron chi connectivity index (χ1n) is 5.66. The van der Waals surface area contributed by atoms with E-state index in [4.69, 9.17) is 11.0 Å². The number of rotatable bonds is 4. The molecule has 3 N–H and O–H groups in total. The van der Waals surface area contributed by atoms with Gasteiger partial charge in [0.25, 0.3) is 0 Å². The van der Waals surface area contributed by atoms with E-state index in [1.54, 1.807) is 0 Å². The molecule has 4 heteroatoms. The summed E-state index contributed by atoms with van der Waals surface area (Å²) >= 11 is 0. The number of carbonyl (C=O) groups excluding carboxylic acids is 1. The van der Waals surface area contributed by atoms with Crippen LogP contribution in [0.15, 0.2) is 0 Å². The lowest BCUT2D eigenvalue weighted by Gasteiger charge is -2.19. The van der Waals surface area contributed by atoms with Crippen LogP contribution in [0.1, 0.15) is 44.9 Å². The van der Waals surface area contributed by atoms with E-state index in [1.807, 2.05) is 0 Å². The second-order valence-corrected chi connectivity index (χ2v) is 4.21. The predicted octanol–water partition coefficient (Wildman–Crippen LogP) is 1.07. The van der Waals surface area contributed by atoms with Gasteiger partial charge in [0.15, 0.2) is 0 Å². The first kappa shape index (κ1) is 12.0. The Labute approximate surface area is 90.8 Å². The summed E-state index contributed by atoms with van der Waals surface area (Å²) in [5.74, 6) is -0.414. The van der Waals surface area contributed by atoms with Gasteiger partial charge in [-0.1, -0.05) is 25.7 Å². The maximum atomic E-state index is 10.7. The molecule has 0 heterocycles. The summed E-state index contributed by atoms with van der Waals surface area (Å²) in [5.41, 5.74) is 5.07. The number of nitrogens with two attached hydrogens (primary N) is 1. The van der Waals surface area contributed by atoms with Crippen molar-refractivity contribution in [2.75, 3.05) is 0 Å². The minimum atomic E-state index is -0.414. The van der Waals surface area contributed by atoms with Crippen LogP contribution >= 0.6 is 0 Å². The van der Waals surface area contributed by atoms with E-state index in [2.05, 4.69) is 11.4 Å². The van der Waals surface area contributed by atoms with E-state index in [0.29, 0.717) is 6.04 Å². The van der Waals surface area contributed by atoms with Crippen LogP contribution in [-0.2, 0) is 4.79 Å². The fraction of sp³-hybridized carbons (Fsp3) is 0.818. The number of nitriles is 1. The molecule has 1 aliphatic carbocycles. The maximum Gasteiger partial charge on any atom is 0.220 e. The first-order chi connectivity index (χ1) is 7.22. The molecule has 1 atom stereocenters. The van der Waals surface area contributed by atoms with Gasteiger partial charge in [0.2, 0.25) is 5.91 Å². The average Bonchev–Trinajstić information content (AvgIpc) is 2.44. The number of amides is 1. The van der Waals surface area contributed by atoms with Gasteiger partial charge in [0.1, 0.15) is 6.04 Å². The van der Waals surface area contributed by atoms with Crippen LogP contribution in [0.25, 0.3) is 0 Å². The van der Waals surface area contributed by atoms with Crippen molar-refractivity contribution in [1.82, 2.24) is 5.32 Å². The largest absolute Gasteiger partial charge is 0.370 e. The summed E-state index contributed by atoms with van der Waals surface area (Å²) in [4.78, 5) is 10.7. The number of nitrogens with zero attached hydrogens (tertiary/aromatic N) is 1. The van der Waals surface area contributed by atoms with Gasteiger partial charge in [-0.3, -0.25) is 10.1 Å². The summed E-state index contributed by atoms with van der Waals surface area (Å²) in [5, 5.41) is 12.1. The molecule has 0 bridgehead atoms. The van der Waals surface area contributed by atoms with Crippen molar-refractivity contribution in [2.45, 2.75) is 57.0 Å². The lowest BCUT2D eigenvalue weighted by molar-refractivity contribution is -0.118. The van der Waals surface area contributed by atoms with Crippen molar-refractivity contribution in [2.24, 2.45) is 5.73 Å². The number of hydrogen-bond acceptors (Lipinski definition) is 3. The molecule has 0 aromatic heterocycles. The van der Waals surface area contributed by atoms with Crippen molar-refractivity contribution in [3.63, 3.8) is 0 Å². The van der Waals surface area contributed by atoms with Crippen LogP contribution in [0.4, 0.5) is 0 Å². The van der Waals surface area contributed by atoms with Crippen molar-refractivity contribution in [3.05, 3.63) is 0 Å². The Balaban J connectivity index is 2.36. The maximum absolute atomic E-state index is 10.7. The Morgan fingerprint density at radius 1 is 1.40 bits per heavy atom. The molecule has 0 aromatic rings. The Bertz CT molecular complexity index is 239. The second kappa shape index (κ2) is 6.41. The van der Waals surface area contributed by atoms with Gasteiger partial charge in [-0.05, 0) is 12.8 Å². The van der Waals surface area contributed by atoms with Crippen molar-refractivity contribution < 1.29 is 4.79 Å². The van der Waals surface area contributed by atoms with Crippen LogP contribution < -0.4 is 11.1 Å². The summed E-state index contributed by atoms with van der Waals surface area (Å²) in [6, 6.07) is 2.06. The molecular weight excluding hydrogens is 190 g/mol. The molecule has 15 heavy (non-hydrogen) atoms. The smallest absolute Gasteiger partial charge is 0.220 e. The molecule has 4 nitrogen and oxygen atoms in total. The Morgan fingerprint density at radius 2 is 2.00 bits per heavy atom. The van der Waals surface area contributed by atoms with E-state index in [-0.39, 0.29) is 6.42 Å². The van der Waals surface area contributed by atoms with Gasteiger partial charge >= 0.3 is 0 Å². The lowest BCUT2D eigenvalue weighted by atomic mass is 10.1. The Hall–Kier alpha value is -1.08. The number of primary amides is 1. The zero-order valence-electron chi connectivity index (χ0n) is 9.04. The summed E-state index contributed by atoms with van der Waals surface area (Å²) in [6.07, 6.45) is 7.33. The second-order valence-electron chi connectivity index (χ2n) is 4.21. The van der Waals surface area contributed by atoms with E-state index in [0.717, 1.165) is 12.8 Å². The molecule has 0 aromatic carbocycles. The minimum absolute atomic E-state index is 0.118. The quantitative estimate of drug-likeness (QED) is 0.680. The lowest BCUT2D eigenvalue weighted by Crippen LogP contribution is -2.39. The fourth-order valence-electron chi connectivity index (χ4n) is 2.07.